The summed E-state index contributed by atoms with van der Waals surface area (Å²) >= 11 is 0. The van der Waals surface area contributed by atoms with E-state index in [1.54, 1.807) is 0 Å². The highest BCUT2D eigenvalue weighted by atomic mass is 16.1. The summed E-state index contributed by atoms with van der Waals surface area (Å²) in [5.41, 5.74) is 4.65. The Morgan fingerprint density at radius 1 is 1.15 bits per heavy atom. The summed E-state index contributed by atoms with van der Waals surface area (Å²) in [5, 5.41) is 3.18. The first-order valence-electron chi connectivity index (χ1n) is 7.19. The second-order valence-electron chi connectivity index (χ2n) is 5.49. The van der Waals surface area contributed by atoms with Crippen molar-refractivity contribution in [1.29, 1.82) is 0 Å². The first-order valence-corrected chi connectivity index (χ1v) is 7.19. The predicted molar refractivity (Wildman–Crippen MR) is 80.8 cm³/mol. The van der Waals surface area contributed by atoms with Crippen molar-refractivity contribution >= 4 is 5.91 Å². The van der Waals surface area contributed by atoms with E-state index in [2.05, 4.69) is 30.4 Å². The SMILES string of the molecule is Cc1ccc2c(c1)C(NC(=O)c1ccccc1)CCC2. The van der Waals surface area contributed by atoms with E-state index in [-0.39, 0.29) is 11.9 Å². The molecule has 1 amide bonds. The first-order chi connectivity index (χ1) is 9.74. The monoisotopic (exact) mass is 265 g/mol. The van der Waals surface area contributed by atoms with Crippen molar-refractivity contribution in [2.24, 2.45) is 0 Å². The molecule has 2 heteroatoms. The van der Waals surface area contributed by atoms with Gasteiger partial charge in [-0.05, 0) is 49.4 Å². The van der Waals surface area contributed by atoms with Gasteiger partial charge in [0, 0.05) is 5.56 Å². The second-order valence-corrected chi connectivity index (χ2v) is 5.49. The zero-order chi connectivity index (χ0) is 13.9. The van der Waals surface area contributed by atoms with Crippen molar-refractivity contribution in [3.05, 3.63) is 70.8 Å². The molecule has 2 aromatic carbocycles. The normalized spacial score (nSPS) is 17.4. The fourth-order valence-corrected chi connectivity index (χ4v) is 2.90. The van der Waals surface area contributed by atoms with Crippen LogP contribution in [-0.2, 0) is 6.42 Å². The summed E-state index contributed by atoms with van der Waals surface area (Å²) in [7, 11) is 0. The van der Waals surface area contributed by atoms with Crippen LogP contribution in [-0.4, -0.2) is 5.91 Å². The third-order valence-corrected chi connectivity index (χ3v) is 3.96. The number of amides is 1. The average molecular weight is 265 g/mol. The number of fused-ring (bicyclic) bond motifs is 1. The Bertz CT molecular complexity index is 619. The number of hydrogen-bond acceptors (Lipinski definition) is 1. The first kappa shape index (κ1) is 12.9. The Morgan fingerprint density at radius 2 is 1.95 bits per heavy atom. The third kappa shape index (κ3) is 2.60. The van der Waals surface area contributed by atoms with Crippen LogP contribution in [0.1, 0.15) is 45.9 Å². The standard InChI is InChI=1S/C18H19NO/c1-13-10-11-14-8-5-9-17(16(14)12-13)19-18(20)15-6-3-2-4-7-15/h2-4,6-7,10-12,17H,5,8-9H2,1H3,(H,19,20). The van der Waals surface area contributed by atoms with Crippen molar-refractivity contribution in [3.8, 4) is 0 Å². The highest BCUT2D eigenvalue weighted by molar-refractivity contribution is 5.94. The van der Waals surface area contributed by atoms with Crippen LogP contribution < -0.4 is 5.32 Å². The van der Waals surface area contributed by atoms with Gasteiger partial charge in [-0.2, -0.15) is 0 Å². The van der Waals surface area contributed by atoms with Crippen LogP contribution in [0.15, 0.2) is 48.5 Å². The zero-order valence-electron chi connectivity index (χ0n) is 11.7. The number of carbonyl (C=O) groups excluding carboxylic acids is 1. The fourth-order valence-electron chi connectivity index (χ4n) is 2.90. The topological polar surface area (TPSA) is 29.1 Å². The molecule has 0 aliphatic heterocycles. The van der Waals surface area contributed by atoms with Crippen molar-refractivity contribution in [3.63, 3.8) is 0 Å². The quantitative estimate of drug-likeness (QED) is 0.879. The lowest BCUT2D eigenvalue weighted by molar-refractivity contribution is 0.0932. The van der Waals surface area contributed by atoms with Crippen molar-refractivity contribution in [2.45, 2.75) is 32.2 Å². The molecule has 1 atom stereocenters. The molecule has 0 bridgehead atoms. The molecule has 1 aliphatic rings. The molecule has 0 aromatic heterocycles. The van der Waals surface area contributed by atoms with E-state index in [9.17, 15) is 4.79 Å². The van der Waals surface area contributed by atoms with Crippen LogP contribution in [0.2, 0.25) is 0 Å². The number of hydrogen-bond donors (Lipinski definition) is 1. The molecule has 2 aromatic rings. The number of nitrogens with one attached hydrogen (secondary N) is 1. The maximum Gasteiger partial charge on any atom is 0.251 e. The fraction of sp³-hybridized carbons (Fsp3) is 0.278. The number of rotatable bonds is 2. The minimum Gasteiger partial charge on any atom is -0.345 e. The summed E-state index contributed by atoms with van der Waals surface area (Å²) in [6.07, 6.45) is 3.28. The largest absolute Gasteiger partial charge is 0.345 e. The number of aryl methyl sites for hydroxylation is 2. The van der Waals surface area contributed by atoms with Crippen LogP contribution in [0, 0.1) is 6.92 Å². The predicted octanol–water partition coefficient (Wildman–Crippen LogP) is 3.80. The highest BCUT2D eigenvalue weighted by Gasteiger charge is 2.22. The van der Waals surface area contributed by atoms with E-state index in [1.165, 1.54) is 16.7 Å². The molecule has 0 spiro atoms. The molecule has 20 heavy (non-hydrogen) atoms. The Balaban J connectivity index is 1.83. The highest BCUT2D eigenvalue weighted by Crippen LogP contribution is 2.30. The molecule has 102 valence electrons. The smallest absolute Gasteiger partial charge is 0.251 e. The van der Waals surface area contributed by atoms with Crippen molar-refractivity contribution in [1.82, 2.24) is 5.32 Å². The van der Waals surface area contributed by atoms with Gasteiger partial charge in [0.15, 0.2) is 0 Å². The Morgan fingerprint density at radius 3 is 2.75 bits per heavy atom. The minimum absolute atomic E-state index is 0.0185. The van der Waals surface area contributed by atoms with Gasteiger partial charge in [-0.3, -0.25) is 4.79 Å². The summed E-state index contributed by atoms with van der Waals surface area (Å²) in [5.74, 6) is 0.0185. The van der Waals surface area contributed by atoms with Crippen molar-refractivity contribution in [2.75, 3.05) is 0 Å². The van der Waals surface area contributed by atoms with Gasteiger partial charge in [0.2, 0.25) is 0 Å². The summed E-state index contributed by atoms with van der Waals surface area (Å²) in [4.78, 5) is 12.3. The summed E-state index contributed by atoms with van der Waals surface area (Å²) < 4.78 is 0. The molecule has 1 unspecified atom stereocenters. The van der Waals surface area contributed by atoms with E-state index in [0.717, 1.165) is 24.8 Å². The van der Waals surface area contributed by atoms with Crippen molar-refractivity contribution < 1.29 is 4.79 Å². The Labute approximate surface area is 119 Å². The van der Waals surface area contributed by atoms with E-state index < -0.39 is 0 Å². The number of benzene rings is 2. The van der Waals surface area contributed by atoms with Gasteiger partial charge < -0.3 is 5.32 Å². The summed E-state index contributed by atoms with van der Waals surface area (Å²) in [6.45, 7) is 2.10. The van der Waals surface area contributed by atoms with Gasteiger partial charge >= 0.3 is 0 Å². The second kappa shape index (κ2) is 5.49. The van der Waals surface area contributed by atoms with E-state index >= 15 is 0 Å². The molecule has 0 fully saturated rings. The molecule has 0 heterocycles. The lowest BCUT2D eigenvalue weighted by Crippen LogP contribution is -2.31. The Kier molecular flexibility index (Phi) is 3.55. The summed E-state index contributed by atoms with van der Waals surface area (Å²) in [6, 6.07) is 16.1. The molecule has 1 N–H and O–H groups in total. The maximum absolute atomic E-state index is 12.3. The maximum atomic E-state index is 12.3. The average Bonchev–Trinajstić information content (AvgIpc) is 2.49. The molecule has 2 nitrogen and oxygen atoms in total. The molecule has 0 saturated heterocycles. The van der Waals surface area contributed by atoms with E-state index in [4.69, 9.17) is 0 Å². The van der Waals surface area contributed by atoms with Crippen LogP contribution >= 0.6 is 0 Å². The van der Waals surface area contributed by atoms with E-state index in [0.29, 0.717) is 0 Å². The van der Waals surface area contributed by atoms with Gasteiger partial charge in [-0.1, -0.05) is 42.0 Å². The van der Waals surface area contributed by atoms with Gasteiger partial charge in [0.1, 0.15) is 0 Å². The van der Waals surface area contributed by atoms with Crippen LogP contribution in [0.25, 0.3) is 0 Å². The van der Waals surface area contributed by atoms with Gasteiger partial charge in [0.05, 0.1) is 6.04 Å². The Hall–Kier alpha value is -2.09. The van der Waals surface area contributed by atoms with Gasteiger partial charge in [0.25, 0.3) is 5.91 Å². The number of carbonyl (C=O) groups is 1. The minimum atomic E-state index is 0.0185. The van der Waals surface area contributed by atoms with Gasteiger partial charge in [-0.25, -0.2) is 0 Å². The third-order valence-electron chi connectivity index (χ3n) is 3.96. The molecular formula is C18H19NO. The van der Waals surface area contributed by atoms with Crippen LogP contribution in [0.4, 0.5) is 0 Å². The molecule has 0 saturated carbocycles. The molecule has 3 rings (SSSR count). The zero-order valence-corrected chi connectivity index (χ0v) is 11.7. The van der Waals surface area contributed by atoms with Gasteiger partial charge in [-0.15, -0.1) is 0 Å². The lowest BCUT2D eigenvalue weighted by atomic mass is 9.86. The van der Waals surface area contributed by atoms with Crippen LogP contribution in [0.5, 0.6) is 0 Å². The van der Waals surface area contributed by atoms with Crippen LogP contribution in [0.3, 0.4) is 0 Å². The molecular weight excluding hydrogens is 246 g/mol. The molecule has 0 radical (unpaired) electrons. The molecule has 1 aliphatic carbocycles. The lowest BCUT2D eigenvalue weighted by Gasteiger charge is -2.27. The van der Waals surface area contributed by atoms with E-state index in [1.807, 2.05) is 30.3 Å².